The van der Waals surface area contributed by atoms with Gasteiger partial charge in [0.2, 0.25) is 0 Å². The highest BCUT2D eigenvalue weighted by Crippen LogP contribution is 2.33. The lowest BCUT2D eigenvalue weighted by Crippen LogP contribution is -2.35. The van der Waals surface area contributed by atoms with Gasteiger partial charge in [-0.15, -0.1) is 0 Å². The summed E-state index contributed by atoms with van der Waals surface area (Å²) in [6, 6.07) is 6.17. The van der Waals surface area contributed by atoms with Crippen LogP contribution in [-0.4, -0.2) is 39.3 Å². The number of carbonyl (C=O) groups is 1. The molecule has 2 saturated heterocycles. The number of amides is 1. The first-order chi connectivity index (χ1) is 11.0. The summed E-state index contributed by atoms with van der Waals surface area (Å²) in [6.45, 7) is 1.19. The molecule has 0 aromatic heterocycles. The van der Waals surface area contributed by atoms with Gasteiger partial charge in [-0.05, 0) is 24.5 Å². The minimum atomic E-state index is -0.458. The minimum absolute atomic E-state index is 0.00594. The van der Waals surface area contributed by atoms with Gasteiger partial charge in [0.1, 0.15) is 4.32 Å². The summed E-state index contributed by atoms with van der Waals surface area (Å²) in [7, 11) is 0. The van der Waals surface area contributed by atoms with Gasteiger partial charge in [-0.3, -0.25) is 19.8 Å². The van der Waals surface area contributed by atoms with E-state index in [0.717, 1.165) is 19.4 Å². The zero-order valence-electron chi connectivity index (χ0n) is 12.1. The monoisotopic (exact) mass is 350 g/mol. The van der Waals surface area contributed by atoms with E-state index in [-0.39, 0.29) is 17.7 Å². The smallest absolute Gasteiger partial charge is 0.270 e. The van der Waals surface area contributed by atoms with Crippen molar-refractivity contribution in [2.24, 2.45) is 0 Å². The normalized spacial score (nSPS) is 23.0. The molecular weight excluding hydrogens is 336 g/mol. The second-order valence-corrected chi connectivity index (χ2v) is 6.96. The van der Waals surface area contributed by atoms with E-state index in [9.17, 15) is 14.9 Å². The van der Waals surface area contributed by atoms with Crippen LogP contribution in [0.5, 0.6) is 0 Å². The van der Waals surface area contributed by atoms with Gasteiger partial charge in [-0.2, -0.15) is 0 Å². The summed E-state index contributed by atoms with van der Waals surface area (Å²) in [5.74, 6) is -0.165. The molecule has 0 bridgehead atoms. The van der Waals surface area contributed by atoms with Crippen LogP contribution in [0.4, 0.5) is 5.69 Å². The number of nitrogens with zero attached hydrogens (tertiary/aromatic N) is 2. The van der Waals surface area contributed by atoms with Crippen LogP contribution in [0.3, 0.4) is 0 Å². The topological polar surface area (TPSA) is 72.7 Å². The minimum Gasteiger partial charge on any atom is -0.376 e. The number of benzene rings is 1. The third-order valence-corrected chi connectivity index (χ3v) is 5.04. The Morgan fingerprint density at radius 1 is 1.52 bits per heavy atom. The van der Waals surface area contributed by atoms with Crippen LogP contribution in [-0.2, 0) is 9.53 Å². The van der Waals surface area contributed by atoms with Crippen LogP contribution in [0, 0.1) is 10.1 Å². The average molecular weight is 350 g/mol. The lowest BCUT2D eigenvalue weighted by atomic mass is 10.2. The Morgan fingerprint density at radius 3 is 3.04 bits per heavy atom. The molecule has 1 aromatic carbocycles. The number of hydrogen-bond donors (Lipinski definition) is 0. The van der Waals surface area contributed by atoms with Gasteiger partial charge in [0, 0.05) is 18.7 Å². The van der Waals surface area contributed by atoms with Crippen molar-refractivity contribution < 1.29 is 14.5 Å². The first-order valence-corrected chi connectivity index (χ1v) is 8.38. The van der Waals surface area contributed by atoms with E-state index in [4.69, 9.17) is 17.0 Å². The number of hydrogen-bond acceptors (Lipinski definition) is 6. The molecule has 6 nitrogen and oxygen atoms in total. The van der Waals surface area contributed by atoms with Gasteiger partial charge < -0.3 is 4.74 Å². The van der Waals surface area contributed by atoms with Crippen molar-refractivity contribution in [2.45, 2.75) is 18.9 Å². The second kappa shape index (κ2) is 6.77. The summed E-state index contributed by atoms with van der Waals surface area (Å²) < 4.78 is 6.05. The fourth-order valence-corrected chi connectivity index (χ4v) is 3.80. The van der Waals surface area contributed by atoms with Crippen molar-refractivity contribution in [2.75, 3.05) is 13.2 Å². The summed E-state index contributed by atoms with van der Waals surface area (Å²) >= 11 is 6.49. The van der Waals surface area contributed by atoms with E-state index >= 15 is 0 Å². The lowest BCUT2D eigenvalue weighted by Gasteiger charge is -2.18. The number of carbonyl (C=O) groups excluding carboxylic acids is 1. The Balaban J connectivity index is 1.78. The Bertz CT molecular complexity index is 698. The van der Waals surface area contributed by atoms with Crippen molar-refractivity contribution in [1.82, 2.24) is 4.90 Å². The lowest BCUT2D eigenvalue weighted by molar-refractivity contribution is -0.384. The fraction of sp³-hybridized carbons (Fsp3) is 0.333. The molecule has 0 unspecified atom stereocenters. The highest BCUT2D eigenvalue weighted by Gasteiger charge is 2.34. The first kappa shape index (κ1) is 16.1. The summed E-state index contributed by atoms with van der Waals surface area (Å²) in [5.41, 5.74) is 0.602. The molecule has 1 atom stereocenters. The molecule has 8 heteroatoms. The van der Waals surface area contributed by atoms with Crippen LogP contribution in [0.1, 0.15) is 18.4 Å². The van der Waals surface area contributed by atoms with Crippen molar-refractivity contribution in [1.29, 1.82) is 0 Å². The standard InChI is InChI=1S/C15H14N2O4S2/c18-14-13(8-10-3-1-4-11(7-10)17(19)20)23-15(22)16(14)9-12-5-2-6-21-12/h1,3-4,7-8,12H,2,5-6,9H2/b13-8+/t12-/m0/s1. The molecule has 0 aliphatic carbocycles. The quantitative estimate of drug-likeness (QED) is 0.360. The molecule has 3 rings (SSSR count). The molecule has 2 heterocycles. The highest BCUT2D eigenvalue weighted by atomic mass is 32.2. The Hall–Kier alpha value is -1.77. The molecule has 2 aliphatic heterocycles. The number of nitro groups is 1. The second-order valence-electron chi connectivity index (χ2n) is 5.28. The molecule has 0 radical (unpaired) electrons. The summed E-state index contributed by atoms with van der Waals surface area (Å²) in [4.78, 5) is 24.9. The van der Waals surface area contributed by atoms with Crippen LogP contribution in [0.25, 0.3) is 6.08 Å². The van der Waals surface area contributed by atoms with Crippen LogP contribution in [0.2, 0.25) is 0 Å². The van der Waals surface area contributed by atoms with Gasteiger partial charge in [-0.25, -0.2) is 0 Å². The van der Waals surface area contributed by atoms with Crippen molar-refractivity contribution in [3.05, 3.63) is 44.8 Å². The van der Waals surface area contributed by atoms with Gasteiger partial charge >= 0.3 is 0 Å². The average Bonchev–Trinajstić information content (AvgIpc) is 3.12. The van der Waals surface area contributed by atoms with E-state index in [1.54, 1.807) is 23.1 Å². The zero-order valence-corrected chi connectivity index (χ0v) is 13.8. The highest BCUT2D eigenvalue weighted by molar-refractivity contribution is 8.26. The van der Waals surface area contributed by atoms with Gasteiger partial charge in [-0.1, -0.05) is 36.1 Å². The first-order valence-electron chi connectivity index (χ1n) is 7.16. The van der Waals surface area contributed by atoms with E-state index in [2.05, 4.69) is 0 Å². The number of ether oxygens (including phenoxy) is 1. The third-order valence-electron chi connectivity index (χ3n) is 3.66. The Kier molecular flexibility index (Phi) is 4.74. The van der Waals surface area contributed by atoms with Gasteiger partial charge in [0.25, 0.3) is 11.6 Å². The van der Waals surface area contributed by atoms with Gasteiger partial charge in [0.15, 0.2) is 0 Å². The van der Waals surface area contributed by atoms with E-state index < -0.39 is 4.92 Å². The maximum absolute atomic E-state index is 12.5. The molecule has 1 aromatic rings. The molecule has 120 valence electrons. The molecule has 23 heavy (non-hydrogen) atoms. The third kappa shape index (κ3) is 3.60. The molecule has 0 spiro atoms. The van der Waals surface area contributed by atoms with Crippen molar-refractivity contribution >= 4 is 46.0 Å². The molecule has 0 saturated carbocycles. The number of non-ortho nitro benzene ring substituents is 1. The van der Waals surface area contributed by atoms with Gasteiger partial charge in [0.05, 0.1) is 22.5 Å². The van der Waals surface area contributed by atoms with Crippen LogP contribution < -0.4 is 0 Å². The molecule has 2 aliphatic rings. The number of thioether (sulfide) groups is 1. The zero-order chi connectivity index (χ0) is 16.4. The predicted octanol–water partition coefficient (Wildman–Crippen LogP) is 2.98. The van der Waals surface area contributed by atoms with E-state index in [0.29, 0.717) is 21.3 Å². The number of thiocarbonyl (C=S) groups is 1. The predicted molar refractivity (Wildman–Crippen MR) is 91.9 cm³/mol. The van der Waals surface area contributed by atoms with E-state index in [1.165, 1.54) is 23.9 Å². The Labute approximate surface area is 142 Å². The summed E-state index contributed by atoms with van der Waals surface area (Å²) in [6.07, 6.45) is 3.61. The Morgan fingerprint density at radius 2 is 2.35 bits per heavy atom. The number of nitro benzene ring substituents is 1. The summed E-state index contributed by atoms with van der Waals surface area (Å²) in [5, 5.41) is 10.8. The maximum Gasteiger partial charge on any atom is 0.270 e. The largest absolute Gasteiger partial charge is 0.376 e. The fourth-order valence-electron chi connectivity index (χ4n) is 2.53. The van der Waals surface area contributed by atoms with Crippen molar-refractivity contribution in [3.63, 3.8) is 0 Å². The molecule has 2 fully saturated rings. The van der Waals surface area contributed by atoms with Crippen molar-refractivity contribution in [3.8, 4) is 0 Å². The SMILES string of the molecule is O=C1/C(=C\c2cccc([N+](=O)[O-])c2)SC(=S)N1C[C@@H]1CCCO1. The maximum atomic E-state index is 12.5. The number of rotatable bonds is 4. The molecule has 1 amide bonds. The van der Waals surface area contributed by atoms with Crippen LogP contribution >= 0.6 is 24.0 Å². The molecular formula is C15H14N2O4S2. The molecule has 0 N–H and O–H groups in total. The van der Waals surface area contributed by atoms with Crippen LogP contribution in [0.15, 0.2) is 29.2 Å². The van der Waals surface area contributed by atoms with E-state index in [1.807, 2.05) is 0 Å².